The Balaban J connectivity index is 1.50. The largest absolute Gasteiger partial charge is 0.345 e. The Morgan fingerprint density at radius 1 is 1.18 bits per heavy atom. The van der Waals surface area contributed by atoms with Crippen molar-refractivity contribution in [1.29, 1.82) is 5.26 Å². The zero-order chi connectivity index (χ0) is 27.9. The van der Waals surface area contributed by atoms with Crippen LogP contribution in [0.1, 0.15) is 64.9 Å². The highest BCUT2D eigenvalue weighted by atomic mass is 19.3. The Bertz CT molecular complexity index is 1180. The van der Waals surface area contributed by atoms with Gasteiger partial charge in [0.15, 0.2) is 0 Å². The van der Waals surface area contributed by atoms with Crippen LogP contribution in [0.2, 0.25) is 0 Å². The van der Waals surface area contributed by atoms with Gasteiger partial charge in [0.1, 0.15) is 12.1 Å². The van der Waals surface area contributed by atoms with Crippen molar-refractivity contribution >= 4 is 29.3 Å². The SMILES string of the molecule is CC(C)(C)C[C@H](NC(=O)C(=O)NC1CCC(F)(F)CC1)C(=O)N1C[C@]2(C[C@H]1C#N)C(=O)Nc1ccccc12. The number of para-hydroxylation sites is 1. The molecule has 4 rings (SSSR count). The Hall–Kier alpha value is -3.55. The van der Waals surface area contributed by atoms with Gasteiger partial charge in [-0.1, -0.05) is 39.0 Å². The van der Waals surface area contributed by atoms with E-state index in [1.807, 2.05) is 20.8 Å². The minimum atomic E-state index is -2.77. The standard InChI is InChI=1S/C27H33F2N5O4/c1-25(2,3)13-20(32-22(36)21(35)31-16-8-10-27(28,29)11-9-16)23(37)34-15-26(12-17(34)14-30)18-6-4-5-7-19(18)33-24(26)38/h4-7,16-17,20H,8-13,15H2,1-3H3,(H,31,35)(H,32,36)(H,33,38)/t17-,20-,26-/m0/s1. The average Bonchev–Trinajstić information content (AvgIpc) is 3.37. The van der Waals surface area contributed by atoms with Gasteiger partial charge >= 0.3 is 11.8 Å². The van der Waals surface area contributed by atoms with Crippen molar-refractivity contribution in [2.24, 2.45) is 5.41 Å². The van der Waals surface area contributed by atoms with Crippen molar-refractivity contribution in [3.8, 4) is 6.07 Å². The molecule has 0 radical (unpaired) electrons. The molecule has 1 spiro atoms. The Kier molecular flexibility index (Phi) is 7.21. The van der Waals surface area contributed by atoms with Crippen LogP contribution >= 0.6 is 0 Å². The molecule has 11 heteroatoms. The highest BCUT2D eigenvalue weighted by molar-refractivity contribution is 6.35. The van der Waals surface area contributed by atoms with Gasteiger partial charge in [-0.05, 0) is 36.3 Å². The fourth-order valence-corrected chi connectivity index (χ4v) is 5.66. The summed E-state index contributed by atoms with van der Waals surface area (Å²) >= 11 is 0. The van der Waals surface area contributed by atoms with Crippen molar-refractivity contribution in [2.45, 2.75) is 88.8 Å². The molecule has 2 fully saturated rings. The van der Waals surface area contributed by atoms with Crippen LogP contribution in [0.3, 0.4) is 0 Å². The molecule has 3 N–H and O–H groups in total. The topological polar surface area (TPSA) is 131 Å². The van der Waals surface area contributed by atoms with Crippen LogP contribution in [0.15, 0.2) is 24.3 Å². The van der Waals surface area contributed by atoms with Gasteiger partial charge in [-0.2, -0.15) is 5.26 Å². The fraction of sp³-hybridized carbons (Fsp3) is 0.593. The molecule has 2 heterocycles. The molecule has 0 aromatic heterocycles. The van der Waals surface area contributed by atoms with E-state index in [1.54, 1.807) is 24.3 Å². The molecule has 0 bridgehead atoms. The lowest BCUT2D eigenvalue weighted by atomic mass is 9.80. The third-order valence-corrected chi connectivity index (χ3v) is 7.59. The molecule has 1 saturated heterocycles. The molecule has 0 unspecified atom stereocenters. The van der Waals surface area contributed by atoms with Gasteiger partial charge in [-0.15, -0.1) is 0 Å². The number of alkyl halides is 2. The summed E-state index contributed by atoms with van der Waals surface area (Å²) in [6.07, 6.45) is -0.341. The molecule has 1 aromatic carbocycles. The number of likely N-dealkylation sites (tertiary alicyclic amines) is 1. The number of carbonyl (C=O) groups is 4. The van der Waals surface area contributed by atoms with Crippen molar-refractivity contribution in [3.05, 3.63) is 29.8 Å². The molecule has 38 heavy (non-hydrogen) atoms. The number of fused-ring (bicyclic) bond motifs is 2. The number of anilines is 1. The zero-order valence-corrected chi connectivity index (χ0v) is 21.8. The molecule has 3 atom stereocenters. The van der Waals surface area contributed by atoms with Crippen LogP contribution in [0, 0.1) is 16.7 Å². The molecule has 9 nitrogen and oxygen atoms in total. The lowest BCUT2D eigenvalue weighted by Crippen LogP contribution is -2.55. The van der Waals surface area contributed by atoms with E-state index in [2.05, 4.69) is 22.0 Å². The number of halogens is 2. The second kappa shape index (κ2) is 9.97. The molecule has 204 valence electrons. The van der Waals surface area contributed by atoms with Crippen LogP contribution in [-0.4, -0.2) is 59.1 Å². The lowest BCUT2D eigenvalue weighted by Gasteiger charge is -2.31. The van der Waals surface area contributed by atoms with Gasteiger partial charge in [0.05, 0.1) is 11.5 Å². The number of hydrogen-bond donors (Lipinski definition) is 3. The van der Waals surface area contributed by atoms with Crippen molar-refractivity contribution in [2.75, 3.05) is 11.9 Å². The first-order valence-corrected chi connectivity index (χ1v) is 12.8. The number of rotatable bonds is 4. The predicted octanol–water partition coefficient (Wildman–Crippen LogP) is 2.62. The molecule has 1 aromatic rings. The molecule has 4 amide bonds. The number of carbonyl (C=O) groups excluding carboxylic acids is 4. The second-order valence-electron chi connectivity index (χ2n) is 11.8. The van der Waals surface area contributed by atoms with Crippen LogP contribution < -0.4 is 16.0 Å². The molecule has 3 aliphatic rings. The predicted molar refractivity (Wildman–Crippen MR) is 134 cm³/mol. The Morgan fingerprint density at radius 2 is 1.84 bits per heavy atom. The van der Waals surface area contributed by atoms with Gasteiger partial charge in [-0.3, -0.25) is 19.2 Å². The van der Waals surface area contributed by atoms with Gasteiger partial charge in [0.25, 0.3) is 0 Å². The third kappa shape index (κ3) is 5.49. The lowest BCUT2D eigenvalue weighted by molar-refractivity contribution is -0.143. The number of nitrogens with zero attached hydrogens (tertiary/aromatic N) is 2. The second-order valence-corrected chi connectivity index (χ2v) is 11.8. The van der Waals surface area contributed by atoms with Gasteiger partial charge in [0.2, 0.25) is 17.7 Å². The summed E-state index contributed by atoms with van der Waals surface area (Å²) in [5, 5.41) is 17.7. The number of hydrogen-bond acceptors (Lipinski definition) is 5. The number of nitrogens with one attached hydrogen (secondary N) is 3. The summed E-state index contributed by atoms with van der Waals surface area (Å²) in [5.41, 5.74) is -0.159. The maximum atomic E-state index is 13.8. The summed E-state index contributed by atoms with van der Waals surface area (Å²) in [7, 11) is 0. The first-order chi connectivity index (χ1) is 17.7. The summed E-state index contributed by atoms with van der Waals surface area (Å²) in [6, 6.07) is 6.69. The van der Waals surface area contributed by atoms with E-state index in [4.69, 9.17) is 0 Å². The maximum Gasteiger partial charge on any atom is 0.309 e. The summed E-state index contributed by atoms with van der Waals surface area (Å²) < 4.78 is 26.9. The van der Waals surface area contributed by atoms with Gasteiger partial charge < -0.3 is 20.9 Å². The van der Waals surface area contributed by atoms with Crippen LogP contribution in [0.4, 0.5) is 14.5 Å². The first kappa shape index (κ1) is 27.5. The third-order valence-electron chi connectivity index (χ3n) is 7.59. The molecule has 1 saturated carbocycles. The molecule has 2 aliphatic heterocycles. The Labute approximate surface area is 220 Å². The first-order valence-electron chi connectivity index (χ1n) is 12.8. The maximum absolute atomic E-state index is 13.8. The van der Waals surface area contributed by atoms with E-state index in [0.29, 0.717) is 5.69 Å². The van der Waals surface area contributed by atoms with Crippen molar-refractivity contribution in [1.82, 2.24) is 15.5 Å². The number of amides is 4. The monoisotopic (exact) mass is 529 g/mol. The van der Waals surface area contributed by atoms with E-state index >= 15 is 0 Å². The normalized spacial score (nSPS) is 25.3. The van der Waals surface area contributed by atoms with Crippen molar-refractivity contribution in [3.63, 3.8) is 0 Å². The molecular weight excluding hydrogens is 496 g/mol. The molecular formula is C27H33F2N5O4. The van der Waals surface area contributed by atoms with Crippen molar-refractivity contribution < 1.29 is 28.0 Å². The number of nitriles is 1. The molecule has 1 aliphatic carbocycles. The summed E-state index contributed by atoms with van der Waals surface area (Å²) in [4.78, 5) is 53.5. The quantitative estimate of drug-likeness (QED) is 0.516. The van der Waals surface area contributed by atoms with E-state index in [0.717, 1.165) is 5.56 Å². The van der Waals surface area contributed by atoms with E-state index in [1.165, 1.54) is 4.90 Å². The van der Waals surface area contributed by atoms with E-state index < -0.39 is 52.6 Å². The minimum absolute atomic E-state index is 0.0358. The highest BCUT2D eigenvalue weighted by Crippen LogP contribution is 2.46. The minimum Gasteiger partial charge on any atom is -0.345 e. The summed E-state index contributed by atoms with van der Waals surface area (Å²) in [6.45, 7) is 5.58. The van der Waals surface area contributed by atoms with Gasteiger partial charge in [0, 0.05) is 37.5 Å². The zero-order valence-electron chi connectivity index (χ0n) is 21.8. The fourth-order valence-electron chi connectivity index (χ4n) is 5.66. The van der Waals surface area contributed by atoms with E-state index in [9.17, 15) is 33.2 Å². The van der Waals surface area contributed by atoms with Gasteiger partial charge in [-0.25, -0.2) is 8.78 Å². The Morgan fingerprint density at radius 3 is 2.47 bits per heavy atom. The average molecular weight is 530 g/mol. The summed E-state index contributed by atoms with van der Waals surface area (Å²) in [5.74, 6) is -5.65. The number of benzene rings is 1. The van der Waals surface area contributed by atoms with Crippen LogP contribution in [-0.2, 0) is 24.6 Å². The van der Waals surface area contributed by atoms with Crippen LogP contribution in [0.25, 0.3) is 0 Å². The smallest absolute Gasteiger partial charge is 0.309 e. The highest BCUT2D eigenvalue weighted by Gasteiger charge is 2.56. The van der Waals surface area contributed by atoms with E-state index in [-0.39, 0.29) is 51.0 Å². The van der Waals surface area contributed by atoms with Crippen LogP contribution in [0.5, 0.6) is 0 Å².